The molecule has 0 amide bonds. The summed E-state index contributed by atoms with van der Waals surface area (Å²) >= 11 is 5.10. The number of carbonyl (C=O) groups excluding carboxylic acids is 1. The van der Waals surface area contributed by atoms with Gasteiger partial charge in [0.15, 0.2) is 5.11 Å². The zero-order valence-corrected chi connectivity index (χ0v) is 11.4. The predicted octanol–water partition coefficient (Wildman–Crippen LogP) is 1.77. The van der Waals surface area contributed by atoms with E-state index in [-0.39, 0.29) is 18.6 Å². The molecule has 0 radical (unpaired) electrons. The van der Waals surface area contributed by atoms with E-state index in [9.17, 15) is 4.79 Å². The summed E-state index contributed by atoms with van der Waals surface area (Å²) in [6.45, 7) is 4.24. The third kappa shape index (κ3) is 5.14. The van der Waals surface area contributed by atoms with Gasteiger partial charge >= 0.3 is 5.97 Å². The summed E-state index contributed by atoms with van der Waals surface area (Å²) in [6.07, 6.45) is 0. The summed E-state index contributed by atoms with van der Waals surface area (Å²) in [7, 11) is 0. The molecule has 0 bridgehead atoms. The normalized spacial score (nSPS) is 11.4. The first kappa shape index (κ1) is 14.4. The minimum Gasteiger partial charge on any atom is -0.465 e. The average Bonchev–Trinajstić information content (AvgIpc) is 2.38. The van der Waals surface area contributed by atoms with Crippen LogP contribution in [0.3, 0.4) is 0 Å². The topological polar surface area (TPSA) is 50.4 Å². The number of esters is 1. The van der Waals surface area contributed by atoms with Crippen LogP contribution in [0.15, 0.2) is 30.3 Å². The van der Waals surface area contributed by atoms with Gasteiger partial charge in [-0.05, 0) is 31.6 Å². The fourth-order valence-corrected chi connectivity index (χ4v) is 1.69. The number of thiocarbonyl (C=S) groups is 1. The molecule has 1 aromatic rings. The highest BCUT2D eigenvalue weighted by atomic mass is 32.1. The van der Waals surface area contributed by atoms with Crippen LogP contribution in [0.25, 0.3) is 0 Å². The lowest BCUT2D eigenvalue weighted by atomic mass is 10.1. The molecule has 0 spiro atoms. The van der Waals surface area contributed by atoms with E-state index in [1.807, 2.05) is 37.3 Å². The van der Waals surface area contributed by atoms with Gasteiger partial charge in [-0.1, -0.05) is 30.3 Å². The van der Waals surface area contributed by atoms with Gasteiger partial charge in [-0.15, -0.1) is 0 Å². The third-order valence-corrected chi connectivity index (χ3v) is 2.61. The van der Waals surface area contributed by atoms with Crippen LogP contribution in [-0.4, -0.2) is 24.2 Å². The van der Waals surface area contributed by atoms with Gasteiger partial charge in [0, 0.05) is 0 Å². The van der Waals surface area contributed by atoms with Gasteiger partial charge in [-0.3, -0.25) is 4.79 Å². The Morgan fingerprint density at radius 3 is 2.67 bits per heavy atom. The molecule has 5 heteroatoms. The van der Waals surface area contributed by atoms with E-state index in [0.717, 1.165) is 5.56 Å². The molecular weight excluding hydrogens is 248 g/mol. The van der Waals surface area contributed by atoms with Crippen LogP contribution in [0, 0.1) is 0 Å². The van der Waals surface area contributed by atoms with Crippen molar-refractivity contribution >= 4 is 23.3 Å². The van der Waals surface area contributed by atoms with Gasteiger partial charge in [-0.25, -0.2) is 0 Å². The largest absolute Gasteiger partial charge is 0.465 e. The van der Waals surface area contributed by atoms with Crippen molar-refractivity contribution in [2.24, 2.45) is 0 Å². The highest BCUT2D eigenvalue weighted by molar-refractivity contribution is 7.80. The smallest absolute Gasteiger partial charge is 0.325 e. The van der Waals surface area contributed by atoms with E-state index in [1.165, 1.54) is 0 Å². The molecule has 0 aliphatic heterocycles. The van der Waals surface area contributed by atoms with Crippen molar-refractivity contribution in [1.82, 2.24) is 10.6 Å². The van der Waals surface area contributed by atoms with E-state index in [1.54, 1.807) is 6.92 Å². The molecule has 0 aliphatic rings. The molecule has 1 rings (SSSR count). The van der Waals surface area contributed by atoms with Crippen LogP contribution in [0.4, 0.5) is 0 Å². The minimum absolute atomic E-state index is 0.0845. The first-order valence-corrected chi connectivity index (χ1v) is 6.29. The average molecular weight is 266 g/mol. The minimum atomic E-state index is -0.311. The van der Waals surface area contributed by atoms with Gasteiger partial charge in [0.25, 0.3) is 0 Å². The van der Waals surface area contributed by atoms with Crippen molar-refractivity contribution in [3.05, 3.63) is 35.9 Å². The predicted molar refractivity (Wildman–Crippen MR) is 75.2 cm³/mol. The summed E-state index contributed by atoms with van der Waals surface area (Å²) in [4.78, 5) is 11.1. The molecule has 4 nitrogen and oxygen atoms in total. The van der Waals surface area contributed by atoms with Crippen molar-refractivity contribution in [2.45, 2.75) is 19.9 Å². The van der Waals surface area contributed by atoms with Gasteiger partial charge in [0.05, 0.1) is 12.6 Å². The Labute approximate surface area is 113 Å². The molecule has 0 saturated carbocycles. The Kier molecular flexibility index (Phi) is 6.14. The lowest BCUT2D eigenvalue weighted by Gasteiger charge is -2.16. The standard InChI is InChI=1S/C13H18N2O2S/c1-3-17-12(16)9-14-13(18)15-10(2)11-7-5-4-6-8-11/h4-8,10H,3,9H2,1-2H3,(H2,14,15,18). The molecule has 2 N–H and O–H groups in total. The summed E-state index contributed by atoms with van der Waals surface area (Å²) in [5, 5.41) is 6.36. The number of carbonyl (C=O) groups is 1. The first-order valence-electron chi connectivity index (χ1n) is 5.88. The molecule has 0 aliphatic carbocycles. The molecule has 0 fully saturated rings. The molecule has 0 heterocycles. The second kappa shape index (κ2) is 7.66. The number of benzene rings is 1. The number of ether oxygens (including phenoxy) is 1. The summed E-state index contributed by atoms with van der Waals surface area (Å²) in [5.41, 5.74) is 1.14. The van der Waals surface area contributed by atoms with Gasteiger partial charge in [-0.2, -0.15) is 0 Å². The van der Waals surface area contributed by atoms with E-state index in [0.29, 0.717) is 11.7 Å². The van der Waals surface area contributed by atoms with Crippen molar-refractivity contribution in [2.75, 3.05) is 13.2 Å². The number of hydrogen-bond acceptors (Lipinski definition) is 3. The van der Waals surface area contributed by atoms with Crippen LogP contribution in [0.5, 0.6) is 0 Å². The maximum Gasteiger partial charge on any atom is 0.325 e. The fraction of sp³-hybridized carbons (Fsp3) is 0.385. The summed E-state index contributed by atoms with van der Waals surface area (Å²) < 4.78 is 4.79. The third-order valence-electron chi connectivity index (χ3n) is 2.35. The summed E-state index contributed by atoms with van der Waals surface area (Å²) in [6, 6.07) is 10.0. The zero-order chi connectivity index (χ0) is 13.4. The molecular formula is C13H18N2O2S. The lowest BCUT2D eigenvalue weighted by Crippen LogP contribution is -2.39. The van der Waals surface area contributed by atoms with Gasteiger partial charge in [0.1, 0.15) is 6.54 Å². The Morgan fingerprint density at radius 2 is 2.06 bits per heavy atom. The van der Waals surface area contributed by atoms with E-state index in [2.05, 4.69) is 10.6 Å². The maximum atomic E-state index is 11.1. The van der Waals surface area contributed by atoms with E-state index in [4.69, 9.17) is 17.0 Å². The molecule has 1 unspecified atom stereocenters. The van der Waals surface area contributed by atoms with Gasteiger partial charge < -0.3 is 15.4 Å². The van der Waals surface area contributed by atoms with Crippen molar-refractivity contribution in [3.63, 3.8) is 0 Å². The molecule has 1 aromatic carbocycles. The van der Waals surface area contributed by atoms with E-state index >= 15 is 0 Å². The summed E-state index contributed by atoms with van der Waals surface area (Å²) in [5.74, 6) is -0.311. The fourth-order valence-electron chi connectivity index (χ4n) is 1.44. The molecule has 98 valence electrons. The van der Waals surface area contributed by atoms with Crippen LogP contribution < -0.4 is 10.6 Å². The Bertz CT molecular complexity index is 395. The van der Waals surface area contributed by atoms with Crippen molar-refractivity contribution in [3.8, 4) is 0 Å². The van der Waals surface area contributed by atoms with Crippen LogP contribution in [0.1, 0.15) is 25.5 Å². The number of rotatable bonds is 5. The highest BCUT2D eigenvalue weighted by Crippen LogP contribution is 2.10. The number of nitrogens with one attached hydrogen (secondary N) is 2. The molecule has 1 atom stereocenters. The second-order valence-electron chi connectivity index (χ2n) is 3.76. The molecule has 0 aromatic heterocycles. The SMILES string of the molecule is CCOC(=O)CNC(=S)NC(C)c1ccccc1. The Hall–Kier alpha value is -1.62. The zero-order valence-electron chi connectivity index (χ0n) is 10.6. The number of hydrogen-bond donors (Lipinski definition) is 2. The van der Waals surface area contributed by atoms with Crippen LogP contribution in [0.2, 0.25) is 0 Å². The Balaban J connectivity index is 2.34. The Morgan fingerprint density at radius 1 is 1.39 bits per heavy atom. The molecule has 18 heavy (non-hydrogen) atoms. The lowest BCUT2D eigenvalue weighted by molar-refractivity contribution is -0.141. The monoisotopic (exact) mass is 266 g/mol. The first-order chi connectivity index (χ1) is 8.63. The van der Waals surface area contributed by atoms with E-state index < -0.39 is 0 Å². The van der Waals surface area contributed by atoms with Crippen molar-refractivity contribution in [1.29, 1.82) is 0 Å². The second-order valence-corrected chi connectivity index (χ2v) is 4.17. The van der Waals surface area contributed by atoms with Crippen LogP contribution >= 0.6 is 12.2 Å². The quantitative estimate of drug-likeness (QED) is 0.628. The van der Waals surface area contributed by atoms with Crippen molar-refractivity contribution < 1.29 is 9.53 Å². The van der Waals surface area contributed by atoms with Gasteiger partial charge in [0.2, 0.25) is 0 Å². The van der Waals surface area contributed by atoms with Crippen LogP contribution in [-0.2, 0) is 9.53 Å². The maximum absolute atomic E-state index is 11.1. The highest BCUT2D eigenvalue weighted by Gasteiger charge is 2.07. The molecule has 0 saturated heterocycles.